The zero-order valence-electron chi connectivity index (χ0n) is 23.5. The second-order valence-electron chi connectivity index (χ2n) is 10.9. The SMILES string of the molecule is CC(C)COC(=O)CCCCCN(CCCCCC(=O)OCC(C)C)CCN(CCO)C1CCOC1. The fourth-order valence-electron chi connectivity index (χ4n) is 4.25. The van der Waals surface area contributed by atoms with Gasteiger partial charge in [-0.05, 0) is 57.0 Å². The molecule has 8 heteroatoms. The van der Waals surface area contributed by atoms with Crippen molar-refractivity contribution < 1.29 is 28.9 Å². The number of hydrogen-bond donors (Lipinski definition) is 1. The molecule has 1 rings (SSSR count). The summed E-state index contributed by atoms with van der Waals surface area (Å²) in [5, 5.41) is 9.52. The third kappa shape index (κ3) is 17.3. The van der Waals surface area contributed by atoms with E-state index in [1.165, 1.54) is 0 Å². The van der Waals surface area contributed by atoms with Crippen LogP contribution in [0, 0.1) is 11.8 Å². The molecule has 0 amide bonds. The summed E-state index contributed by atoms with van der Waals surface area (Å²) in [6, 6.07) is 0.396. The molecule has 0 bridgehead atoms. The molecule has 1 aliphatic rings. The maximum Gasteiger partial charge on any atom is 0.305 e. The third-order valence-corrected chi connectivity index (χ3v) is 6.38. The number of unbranched alkanes of at least 4 members (excludes halogenated alkanes) is 4. The van der Waals surface area contributed by atoms with Crippen LogP contribution >= 0.6 is 0 Å². The quantitative estimate of drug-likeness (QED) is 0.172. The minimum atomic E-state index is -0.0918. The van der Waals surface area contributed by atoms with Crippen LogP contribution in [0.2, 0.25) is 0 Å². The number of rotatable bonds is 22. The van der Waals surface area contributed by atoms with E-state index in [9.17, 15) is 14.7 Å². The van der Waals surface area contributed by atoms with Gasteiger partial charge in [0.05, 0.1) is 26.4 Å². The summed E-state index contributed by atoms with van der Waals surface area (Å²) >= 11 is 0. The summed E-state index contributed by atoms with van der Waals surface area (Å²) < 4.78 is 16.1. The Balaban J connectivity index is 2.38. The number of carbonyl (C=O) groups excluding carboxylic acids is 2. The Morgan fingerprint density at radius 3 is 1.81 bits per heavy atom. The van der Waals surface area contributed by atoms with E-state index in [0.29, 0.717) is 50.5 Å². The number of ether oxygens (including phenoxy) is 3. The molecule has 1 fully saturated rings. The Kier molecular flexibility index (Phi) is 19.0. The minimum absolute atomic E-state index is 0.0918. The van der Waals surface area contributed by atoms with Crippen molar-refractivity contribution in [2.45, 2.75) is 91.5 Å². The second-order valence-corrected chi connectivity index (χ2v) is 10.9. The summed E-state index contributed by atoms with van der Waals surface area (Å²) in [6.45, 7) is 15.4. The van der Waals surface area contributed by atoms with E-state index in [4.69, 9.17) is 14.2 Å². The molecule has 1 atom stereocenters. The van der Waals surface area contributed by atoms with Gasteiger partial charge in [-0.2, -0.15) is 0 Å². The van der Waals surface area contributed by atoms with Gasteiger partial charge >= 0.3 is 11.9 Å². The van der Waals surface area contributed by atoms with Gasteiger partial charge in [-0.15, -0.1) is 0 Å². The average molecular weight is 515 g/mol. The van der Waals surface area contributed by atoms with Gasteiger partial charge in [0.2, 0.25) is 0 Å². The number of nitrogens with zero attached hydrogens (tertiary/aromatic N) is 2. The largest absolute Gasteiger partial charge is 0.465 e. The minimum Gasteiger partial charge on any atom is -0.465 e. The van der Waals surface area contributed by atoms with E-state index in [2.05, 4.69) is 9.80 Å². The van der Waals surface area contributed by atoms with Crippen molar-refractivity contribution in [3.8, 4) is 0 Å². The lowest BCUT2D eigenvalue weighted by Gasteiger charge is -2.30. The zero-order chi connectivity index (χ0) is 26.6. The van der Waals surface area contributed by atoms with E-state index < -0.39 is 0 Å². The number of aliphatic hydroxyl groups is 1. The molecular weight excluding hydrogens is 460 g/mol. The summed E-state index contributed by atoms with van der Waals surface area (Å²) in [5.41, 5.74) is 0. The van der Waals surface area contributed by atoms with Crippen LogP contribution in [-0.2, 0) is 23.8 Å². The van der Waals surface area contributed by atoms with Crippen LogP contribution in [0.25, 0.3) is 0 Å². The fourth-order valence-corrected chi connectivity index (χ4v) is 4.25. The molecule has 1 unspecified atom stereocenters. The number of hydrogen-bond acceptors (Lipinski definition) is 8. The first-order valence-corrected chi connectivity index (χ1v) is 14.3. The van der Waals surface area contributed by atoms with Crippen molar-refractivity contribution in [3.05, 3.63) is 0 Å². The summed E-state index contributed by atoms with van der Waals surface area (Å²) in [4.78, 5) is 28.5. The summed E-state index contributed by atoms with van der Waals surface area (Å²) in [6.07, 6.45) is 7.84. The lowest BCUT2D eigenvalue weighted by molar-refractivity contribution is -0.145. The molecule has 0 spiro atoms. The predicted molar refractivity (Wildman–Crippen MR) is 143 cm³/mol. The Morgan fingerprint density at radius 2 is 1.36 bits per heavy atom. The molecule has 0 radical (unpaired) electrons. The van der Waals surface area contributed by atoms with Gasteiger partial charge in [0.1, 0.15) is 0 Å². The molecule has 0 saturated carbocycles. The molecule has 36 heavy (non-hydrogen) atoms. The molecule has 0 aromatic rings. The van der Waals surface area contributed by atoms with Crippen molar-refractivity contribution in [1.82, 2.24) is 9.80 Å². The van der Waals surface area contributed by atoms with E-state index in [1.807, 2.05) is 27.7 Å². The van der Waals surface area contributed by atoms with Gasteiger partial charge in [0.15, 0.2) is 0 Å². The van der Waals surface area contributed by atoms with Gasteiger partial charge in [-0.1, -0.05) is 40.5 Å². The normalized spacial score (nSPS) is 16.0. The monoisotopic (exact) mass is 514 g/mol. The molecule has 0 aliphatic carbocycles. The van der Waals surface area contributed by atoms with E-state index in [0.717, 1.165) is 84.3 Å². The summed E-state index contributed by atoms with van der Waals surface area (Å²) in [5.74, 6) is 0.556. The highest BCUT2D eigenvalue weighted by atomic mass is 16.5. The maximum absolute atomic E-state index is 11.8. The highest BCUT2D eigenvalue weighted by Gasteiger charge is 2.23. The Bertz CT molecular complexity index is 532. The molecule has 8 nitrogen and oxygen atoms in total. The van der Waals surface area contributed by atoms with E-state index >= 15 is 0 Å². The van der Waals surface area contributed by atoms with Gasteiger partial charge in [0, 0.05) is 45.1 Å². The topological polar surface area (TPSA) is 88.5 Å². The highest BCUT2D eigenvalue weighted by Crippen LogP contribution is 2.13. The Labute approximate surface area is 220 Å². The predicted octanol–water partition coefficient (Wildman–Crippen LogP) is 3.89. The number of esters is 2. The van der Waals surface area contributed by atoms with Crippen molar-refractivity contribution in [3.63, 3.8) is 0 Å². The number of carbonyl (C=O) groups is 2. The van der Waals surface area contributed by atoms with E-state index in [-0.39, 0.29) is 18.5 Å². The number of aliphatic hydroxyl groups excluding tert-OH is 1. The summed E-state index contributed by atoms with van der Waals surface area (Å²) in [7, 11) is 0. The smallest absolute Gasteiger partial charge is 0.305 e. The standard InChI is InChI=1S/C28H54N2O6/c1-24(2)21-35-27(32)11-7-5-9-14-29(15-10-6-8-12-28(33)36-22-25(3)4)16-17-30(18-19-31)26-13-20-34-23-26/h24-26,31H,5-23H2,1-4H3. The molecule has 0 aromatic carbocycles. The zero-order valence-corrected chi connectivity index (χ0v) is 23.5. The lowest BCUT2D eigenvalue weighted by Crippen LogP contribution is -2.43. The average Bonchev–Trinajstić information content (AvgIpc) is 3.37. The first-order valence-electron chi connectivity index (χ1n) is 14.3. The van der Waals surface area contributed by atoms with Gasteiger partial charge < -0.3 is 24.2 Å². The van der Waals surface area contributed by atoms with Crippen molar-refractivity contribution in [2.24, 2.45) is 11.8 Å². The Morgan fingerprint density at radius 1 is 0.806 bits per heavy atom. The van der Waals surface area contributed by atoms with Crippen LogP contribution in [0.15, 0.2) is 0 Å². The van der Waals surface area contributed by atoms with Crippen LogP contribution in [0.5, 0.6) is 0 Å². The molecule has 1 N–H and O–H groups in total. The van der Waals surface area contributed by atoms with Crippen molar-refractivity contribution >= 4 is 11.9 Å². The van der Waals surface area contributed by atoms with Crippen molar-refractivity contribution in [2.75, 3.05) is 65.8 Å². The molecule has 212 valence electrons. The van der Waals surface area contributed by atoms with Crippen LogP contribution in [-0.4, -0.2) is 98.6 Å². The first-order chi connectivity index (χ1) is 17.3. The third-order valence-electron chi connectivity index (χ3n) is 6.38. The molecule has 1 heterocycles. The lowest BCUT2D eigenvalue weighted by atomic mass is 10.1. The van der Waals surface area contributed by atoms with Gasteiger partial charge in [0.25, 0.3) is 0 Å². The van der Waals surface area contributed by atoms with Crippen molar-refractivity contribution in [1.29, 1.82) is 0 Å². The Hall–Kier alpha value is -1.22. The van der Waals surface area contributed by atoms with Crippen LogP contribution in [0.4, 0.5) is 0 Å². The van der Waals surface area contributed by atoms with Crippen LogP contribution in [0.1, 0.15) is 85.5 Å². The van der Waals surface area contributed by atoms with Crippen LogP contribution in [0.3, 0.4) is 0 Å². The highest BCUT2D eigenvalue weighted by molar-refractivity contribution is 5.69. The van der Waals surface area contributed by atoms with Gasteiger partial charge in [-0.3, -0.25) is 14.5 Å². The van der Waals surface area contributed by atoms with Crippen LogP contribution < -0.4 is 0 Å². The molecular formula is C28H54N2O6. The fraction of sp³-hybridized carbons (Fsp3) is 0.929. The molecule has 0 aromatic heterocycles. The molecule has 1 saturated heterocycles. The maximum atomic E-state index is 11.8. The second kappa shape index (κ2) is 20.8. The first kappa shape index (κ1) is 32.8. The molecule has 1 aliphatic heterocycles. The van der Waals surface area contributed by atoms with E-state index in [1.54, 1.807) is 0 Å². The van der Waals surface area contributed by atoms with Gasteiger partial charge in [-0.25, -0.2) is 0 Å².